The highest BCUT2D eigenvalue weighted by Crippen LogP contribution is 2.21. The van der Waals surface area contributed by atoms with Crippen LogP contribution in [0.5, 0.6) is 0 Å². The number of hydrogen-bond acceptors (Lipinski definition) is 15. The van der Waals surface area contributed by atoms with Crippen LogP contribution >= 0.6 is 0 Å². The SMILES string of the molecule is CC(=O)/C(C)=C/C=C/C=C/CC/C=C/C(C)C(O)C(C)C(O)/C=C/C=C/C=C/C=C/C=C/C=C/CC(O)C(C)C(O)CC(O)CC(O)/C=C/CC(O)CC(O)CC(O)/C=C/CC(O)CC(O)/C=C/CC(O)CC(O)CCCN=C(N)N. The lowest BCUT2D eigenvalue weighted by molar-refractivity contribution is -0.113. The van der Waals surface area contributed by atoms with Gasteiger partial charge in [-0.1, -0.05) is 173 Å². The van der Waals surface area contributed by atoms with Crippen LogP contribution in [0.4, 0.5) is 0 Å². The first-order valence-corrected chi connectivity index (χ1v) is 28.5. The number of aliphatic imine (C=N–C) groups is 1. The summed E-state index contributed by atoms with van der Waals surface area (Å²) >= 11 is 0. The Kier molecular flexibility index (Phi) is 44.6. The summed E-state index contributed by atoms with van der Waals surface area (Å²) in [6, 6.07) is 0. The van der Waals surface area contributed by atoms with Crippen LogP contribution in [0.1, 0.15) is 125 Å². The molecular weight excluding hydrogens is 1030 g/mol. The fraction of sp³-hybridized carbons (Fsp3) is 0.562. The molecule has 17 nitrogen and oxygen atoms in total. The normalized spacial score (nSPS) is 19.6. The van der Waals surface area contributed by atoms with Crippen molar-refractivity contribution in [3.63, 3.8) is 0 Å². The van der Waals surface area contributed by atoms with Gasteiger partial charge in [-0.3, -0.25) is 9.79 Å². The van der Waals surface area contributed by atoms with Gasteiger partial charge in [0.1, 0.15) is 0 Å². The maximum Gasteiger partial charge on any atom is 0.185 e. The van der Waals surface area contributed by atoms with Crippen LogP contribution < -0.4 is 11.5 Å². The number of Topliss-reactive ketones (excluding diaryl/α,β-unsaturated/α-hetero) is 1. The van der Waals surface area contributed by atoms with Crippen LogP contribution in [0.15, 0.2) is 162 Å². The first-order valence-electron chi connectivity index (χ1n) is 28.5. The molecule has 16 atom stereocenters. The van der Waals surface area contributed by atoms with Crippen LogP contribution in [0.3, 0.4) is 0 Å². The minimum Gasteiger partial charge on any atom is -0.393 e. The smallest absolute Gasteiger partial charge is 0.185 e. The minimum absolute atomic E-state index is 0.00917. The standard InChI is InChI=1S/C64H103N3O14/c1-46(50(5)68)28-20-16-12-11-13-17-21-29-47(2)63(81)49(4)61(79)38-23-19-15-10-8-6-7-9-14-18-22-37-60(78)48(3)62(80)45-59(77)44-56(74)35-26-34-55(73)43-58(76)42-54(72)33-25-32-52(70)40-51(69)30-24-31-53(71)41-57(75)36-27-39-67-64(65)66/h6-12,14-16,18-26,28-30,33,35,38,47-49,51-63,69-81H,13,17,27,31-32,34,36-37,39-45H2,1-5H3,(H4,65,66,67)/b7-6+,10-8+,12-11+,14-9+,19-15+,20-16+,22-18+,29-21+,30-24+,33-25+,35-26+,38-23+,46-28+. The zero-order valence-corrected chi connectivity index (χ0v) is 48.6. The van der Waals surface area contributed by atoms with E-state index >= 15 is 0 Å². The van der Waals surface area contributed by atoms with Crippen molar-refractivity contribution in [3.8, 4) is 0 Å². The molecule has 0 aliphatic heterocycles. The van der Waals surface area contributed by atoms with Gasteiger partial charge in [-0.25, -0.2) is 0 Å². The van der Waals surface area contributed by atoms with E-state index in [1.54, 1.807) is 62.5 Å². The summed E-state index contributed by atoms with van der Waals surface area (Å²) < 4.78 is 0. The molecule has 17 N–H and O–H groups in total. The third kappa shape index (κ3) is 43.4. The second-order valence-electron chi connectivity index (χ2n) is 21.0. The summed E-state index contributed by atoms with van der Waals surface area (Å²) in [4.78, 5) is 15.1. The molecule has 0 aromatic rings. The average molecular weight is 1140 g/mol. The number of carbonyl (C=O) groups excluding carboxylic acids is 1. The Balaban J connectivity index is 4.48. The number of guanidine groups is 1. The number of nitrogens with two attached hydrogens (primary N) is 2. The molecule has 81 heavy (non-hydrogen) atoms. The van der Waals surface area contributed by atoms with Crippen LogP contribution in [-0.4, -0.2) is 164 Å². The molecule has 458 valence electrons. The highest BCUT2D eigenvalue weighted by atomic mass is 16.3. The van der Waals surface area contributed by atoms with E-state index in [0.29, 0.717) is 25.0 Å². The van der Waals surface area contributed by atoms with Gasteiger partial charge < -0.3 is 77.9 Å². The Morgan fingerprint density at radius 1 is 0.432 bits per heavy atom. The fourth-order valence-electron chi connectivity index (χ4n) is 7.99. The Morgan fingerprint density at radius 2 is 0.877 bits per heavy atom. The number of allylic oxidation sites excluding steroid dienone is 17. The molecule has 0 spiro atoms. The van der Waals surface area contributed by atoms with Crippen molar-refractivity contribution in [3.05, 3.63) is 157 Å². The number of aliphatic hydroxyl groups is 13. The van der Waals surface area contributed by atoms with Gasteiger partial charge in [-0.2, -0.15) is 0 Å². The van der Waals surface area contributed by atoms with Gasteiger partial charge in [0.2, 0.25) is 0 Å². The molecular formula is C64H103N3O14. The maximum atomic E-state index is 11.2. The van der Waals surface area contributed by atoms with E-state index < -0.39 is 85.3 Å². The van der Waals surface area contributed by atoms with E-state index in [1.165, 1.54) is 37.3 Å². The maximum absolute atomic E-state index is 11.2. The van der Waals surface area contributed by atoms with Crippen molar-refractivity contribution in [2.24, 2.45) is 34.2 Å². The third-order valence-electron chi connectivity index (χ3n) is 13.3. The monoisotopic (exact) mass is 1140 g/mol. The molecule has 16 unspecified atom stereocenters. The van der Waals surface area contributed by atoms with Crippen molar-refractivity contribution in [1.82, 2.24) is 0 Å². The van der Waals surface area contributed by atoms with Crippen LogP contribution in [0.25, 0.3) is 0 Å². The molecule has 0 rings (SSSR count). The summed E-state index contributed by atoms with van der Waals surface area (Å²) in [7, 11) is 0. The zero-order valence-electron chi connectivity index (χ0n) is 48.6. The summed E-state index contributed by atoms with van der Waals surface area (Å²) in [6.45, 7) is 9.12. The fourth-order valence-corrected chi connectivity index (χ4v) is 7.99. The van der Waals surface area contributed by atoms with Crippen molar-refractivity contribution in [2.45, 2.75) is 204 Å². The van der Waals surface area contributed by atoms with Crippen molar-refractivity contribution >= 4 is 11.7 Å². The first-order chi connectivity index (χ1) is 38.4. The van der Waals surface area contributed by atoms with Gasteiger partial charge in [-0.05, 0) is 90.0 Å². The van der Waals surface area contributed by atoms with Crippen molar-refractivity contribution in [1.29, 1.82) is 0 Å². The average Bonchev–Trinajstić information content (AvgIpc) is 3.39. The number of hydrogen-bond donors (Lipinski definition) is 15. The summed E-state index contributed by atoms with van der Waals surface area (Å²) in [5.74, 6) is -1.03. The molecule has 0 bridgehead atoms. The Morgan fingerprint density at radius 3 is 1.41 bits per heavy atom. The van der Waals surface area contributed by atoms with E-state index in [0.717, 1.165) is 12.8 Å². The number of ketones is 1. The quantitative estimate of drug-likeness (QED) is 0.00890. The Hall–Kier alpha value is -4.96. The highest BCUT2D eigenvalue weighted by Gasteiger charge is 2.26. The molecule has 0 saturated carbocycles. The summed E-state index contributed by atoms with van der Waals surface area (Å²) in [5.41, 5.74) is 11.2. The molecule has 0 aliphatic rings. The Labute approximate surface area is 483 Å². The second kappa shape index (κ2) is 47.5. The second-order valence-corrected chi connectivity index (χ2v) is 21.0. The largest absolute Gasteiger partial charge is 0.393 e. The van der Waals surface area contributed by atoms with Crippen LogP contribution in [-0.2, 0) is 4.79 Å². The zero-order chi connectivity index (χ0) is 61.0. The van der Waals surface area contributed by atoms with Crippen molar-refractivity contribution in [2.75, 3.05) is 6.54 Å². The summed E-state index contributed by atoms with van der Waals surface area (Å²) in [5, 5.41) is 135. The summed E-state index contributed by atoms with van der Waals surface area (Å²) in [6.07, 6.45) is 35.0. The molecule has 0 aromatic heterocycles. The van der Waals surface area contributed by atoms with Crippen molar-refractivity contribution < 1.29 is 71.2 Å². The van der Waals surface area contributed by atoms with Gasteiger partial charge in [-0.15, -0.1) is 0 Å². The number of unbranched alkanes of at least 4 members (excludes halogenated alkanes) is 1. The van der Waals surface area contributed by atoms with Gasteiger partial charge in [0.25, 0.3) is 0 Å². The number of carbonyl (C=O) groups is 1. The van der Waals surface area contributed by atoms with Gasteiger partial charge >= 0.3 is 0 Å². The third-order valence-corrected chi connectivity index (χ3v) is 13.3. The van der Waals surface area contributed by atoms with Gasteiger partial charge in [0.15, 0.2) is 11.7 Å². The lowest BCUT2D eigenvalue weighted by atomic mass is 9.88. The predicted molar refractivity (Wildman–Crippen MR) is 325 cm³/mol. The lowest BCUT2D eigenvalue weighted by Gasteiger charge is -2.25. The van der Waals surface area contributed by atoms with E-state index in [2.05, 4.69) is 4.99 Å². The molecule has 0 saturated heterocycles. The minimum atomic E-state index is -1.08. The molecule has 0 heterocycles. The van der Waals surface area contributed by atoms with E-state index in [9.17, 15) is 71.2 Å². The molecule has 17 heteroatoms. The number of nitrogens with zero attached hydrogens (tertiary/aromatic N) is 1. The molecule has 0 aromatic carbocycles. The van der Waals surface area contributed by atoms with E-state index in [4.69, 9.17) is 11.5 Å². The van der Waals surface area contributed by atoms with Gasteiger partial charge in [0.05, 0.1) is 79.4 Å². The molecule has 0 fully saturated rings. The van der Waals surface area contributed by atoms with E-state index in [-0.39, 0.29) is 87.8 Å². The highest BCUT2D eigenvalue weighted by molar-refractivity contribution is 5.92. The lowest BCUT2D eigenvalue weighted by Crippen LogP contribution is -2.33. The van der Waals surface area contributed by atoms with Crippen LogP contribution in [0.2, 0.25) is 0 Å². The Bertz CT molecular complexity index is 2090. The molecule has 0 aliphatic carbocycles. The van der Waals surface area contributed by atoms with Crippen LogP contribution in [0, 0.1) is 17.8 Å². The number of rotatable bonds is 45. The first kappa shape index (κ1) is 76.0. The molecule has 0 radical (unpaired) electrons. The topological polar surface area (TPSA) is 344 Å². The molecule has 0 amide bonds. The van der Waals surface area contributed by atoms with E-state index in [1.807, 2.05) is 86.8 Å². The predicted octanol–water partition coefficient (Wildman–Crippen LogP) is 5.53. The number of aliphatic hydroxyl groups excluding tert-OH is 13. The van der Waals surface area contributed by atoms with Gasteiger partial charge in [0, 0.05) is 43.6 Å².